The number of hydrogen-bond donors (Lipinski definition) is 4. The van der Waals surface area contributed by atoms with Crippen molar-refractivity contribution in [3.05, 3.63) is 51.1 Å². The number of hydrogen-bond acceptors (Lipinski definition) is 4. The summed E-state index contributed by atoms with van der Waals surface area (Å²) in [6.45, 7) is 0.256. The number of carbonyl (C=O) groups is 2. The van der Waals surface area contributed by atoms with Gasteiger partial charge < -0.3 is 20.6 Å². The Balaban J connectivity index is 1.52. The van der Waals surface area contributed by atoms with Gasteiger partial charge in [0.25, 0.3) is 5.91 Å². The lowest BCUT2D eigenvalue weighted by atomic mass is 10.2. The number of thiophene rings is 1. The SMILES string of the molecule is O=C(CCNC(=O)c1cccs1)Nc1ccc2[nH]c(=O)[nH]c2c1. The van der Waals surface area contributed by atoms with E-state index in [9.17, 15) is 14.4 Å². The Bertz CT molecular complexity index is 895. The average molecular weight is 330 g/mol. The topological polar surface area (TPSA) is 107 Å². The first kappa shape index (κ1) is 15.0. The van der Waals surface area contributed by atoms with Crippen molar-refractivity contribution in [1.82, 2.24) is 15.3 Å². The van der Waals surface area contributed by atoms with Crippen molar-refractivity contribution < 1.29 is 9.59 Å². The quantitative estimate of drug-likeness (QED) is 0.571. The minimum atomic E-state index is -0.292. The smallest absolute Gasteiger partial charge is 0.323 e. The normalized spacial score (nSPS) is 10.6. The Morgan fingerprint density at radius 1 is 1.13 bits per heavy atom. The van der Waals surface area contributed by atoms with Crippen LogP contribution in [-0.4, -0.2) is 28.3 Å². The van der Waals surface area contributed by atoms with E-state index in [2.05, 4.69) is 20.6 Å². The molecule has 0 aliphatic carbocycles. The van der Waals surface area contributed by atoms with Crippen LogP contribution in [0.3, 0.4) is 0 Å². The van der Waals surface area contributed by atoms with Crippen LogP contribution in [0.4, 0.5) is 5.69 Å². The van der Waals surface area contributed by atoms with Gasteiger partial charge in [0.15, 0.2) is 0 Å². The second kappa shape index (κ2) is 6.49. The monoisotopic (exact) mass is 330 g/mol. The van der Waals surface area contributed by atoms with Crippen molar-refractivity contribution in [1.29, 1.82) is 0 Å². The van der Waals surface area contributed by atoms with Crippen molar-refractivity contribution in [3.63, 3.8) is 0 Å². The molecule has 2 heterocycles. The summed E-state index contributed by atoms with van der Waals surface area (Å²) in [5, 5.41) is 7.24. The number of benzene rings is 1. The lowest BCUT2D eigenvalue weighted by molar-refractivity contribution is -0.116. The maximum absolute atomic E-state index is 11.9. The van der Waals surface area contributed by atoms with E-state index in [0.717, 1.165) is 0 Å². The van der Waals surface area contributed by atoms with Gasteiger partial charge in [0.1, 0.15) is 0 Å². The Morgan fingerprint density at radius 3 is 2.74 bits per heavy atom. The van der Waals surface area contributed by atoms with Crippen LogP contribution in [0, 0.1) is 0 Å². The lowest BCUT2D eigenvalue weighted by Crippen LogP contribution is -2.27. The summed E-state index contributed by atoms with van der Waals surface area (Å²) in [7, 11) is 0. The van der Waals surface area contributed by atoms with E-state index in [1.807, 2.05) is 5.38 Å². The van der Waals surface area contributed by atoms with Gasteiger partial charge in [0.2, 0.25) is 5.91 Å². The van der Waals surface area contributed by atoms with E-state index in [0.29, 0.717) is 21.6 Å². The molecule has 0 aliphatic heterocycles. The van der Waals surface area contributed by atoms with Crippen molar-refractivity contribution in [2.24, 2.45) is 0 Å². The number of aromatic amines is 2. The van der Waals surface area contributed by atoms with E-state index in [-0.39, 0.29) is 30.5 Å². The first-order valence-electron chi connectivity index (χ1n) is 6.95. The number of imidazole rings is 1. The van der Waals surface area contributed by atoms with E-state index in [1.54, 1.807) is 30.3 Å². The fourth-order valence-corrected chi connectivity index (χ4v) is 2.76. The summed E-state index contributed by atoms with van der Waals surface area (Å²) in [6.07, 6.45) is 0.165. The molecule has 3 aromatic rings. The molecule has 0 fully saturated rings. The summed E-state index contributed by atoms with van der Waals surface area (Å²) < 4.78 is 0. The molecular formula is C15H14N4O3S. The number of H-pyrrole nitrogens is 2. The highest BCUT2D eigenvalue weighted by Gasteiger charge is 2.08. The van der Waals surface area contributed by atoms with Gasteiger partial charge in [-0.05, 0) is 29.6 Å². The van der Waals surface area contributed by atoms with E-state index >= 15 is 0 Å². The molecule has 0 radical (unpaired) electrons. The zero-order valence-corrected chi connectivity index (χ0v) is 12.8. The van der Waals surface area contributed by atoms with Gasteiger partial charge in [-0.1, -0.05) is 6.07 Å². The van der Waals surface area contributed by atoms with Gasteiger partial charge in [-0.3, -0.25) is 9.59 Å². The number of anilines is 1. The van der Waals surface area contributed by atoms with Crippen molar-refractivity contribution >= 4 is 39.9 Å². The lowest BCUT2D eigenvalue weighted by Gasteiger charge is -2.06. The first-order valence-corrected chi connectivity index (χ1v) is 7.83. The minimum Gasteiger partial charge on any atom is -0.351 e. The number of rotatable bonds is 5. The number of carbonyl (C=O) groups excluding carboxylic acids is 2. The zero-order chi connectivity index (χ0) is 16.2. The molecular weight excluding hydrogens is 316 g/mol. The van der Waals surface area contributed by atoms with Gasteiger partial charge in [-0.2, -0.15) is 0 Å². The molecule has 0 saturated heterocycles. The molecule has 0 spiro atoms. The Labute approximate surface area is 134 Å². The molecule has 3 rings (SSSR count). The van der Waals surface area contributed by atoms with E-state index < -0.39 is 0 Å². The fraction of sp³-hybridized carbons (Fsp3) is 0.133. The molecule has 4 N–H and O–H groups in total. The Kier molecular flexibility index (Phi) is 4.24. The summed E-state index contributed by atoms with van der Waals surface area (Å²) >= 11 is 1.35. The summed E-state index contributed by atoms with van der Waals surface area (Å²) in [5.41, 5.74) is 1.59. The molecule has 7 nitrogen and oxygen atoms in total. The molecule has 0 aliphatic rings. The molecule has 0 saturated carbocycles. The van der Waals surface area contributed by atoms with Crippen LogP contribution < -0.4 is 16.3 Å². The third kappa shape index (κ3) is 3.67. The average Bonchev–Trinajstić information content (AvgIpc) is 3.15. The van der Waals surface area contributed by atoms with Crippen LogP contribution in [0.5, 0.6) is 0 Å². The largest absolute Gasteiger partial charge is 0.351 e. The van der Waals surface area contributed by atoms with Crippen LogP contribution in [-0.2, 0) is 4.79 Å². The van der Waals surface area contributed by atoms with Crippen LogP contribution in [0.15, 0.2) is 40.5 Å². The van der Waals surface area contributed by atoms with E-state index in [1.165, 1.54) is 11.3 Å². The highest BCUT2D eigenvalue weighted by atomic mass is 32.1. The number of amides is 2. The van der Waals surface area contributed by atoms with Crippen LogP contribution in [0.2, 0.25) is 0 Å². The highest BCUT2D eigenvalue weighted by molar-refractivity contribution is 7.12. The van der Waals surface area contributed by atoms with Crippen LogP contribution in [0.1, 0.15) is 16.1 Å². The maximum atomic E-state index is 11.9. The summed E-state index contributed by atoms with van der Waals surface area (Å²) in [4.78, 5) is 40.7. The van der Waals surface area contributed by atoms with Crippen molar-refractivity contribution in [2.75, 3.05) is 11.9 Å². The van der Waals surface area contributed by atoms with Gasteiger partial charge in [-0.15, -0.1) is 11.3 Å². The number of nitrogens with one attached hydrogen (secondary N) is 4. The van der Waals surface area contributed by atoms with Gasteiger partial charge in [0, 0.05) is 18.7 Å². The summed E-state index contributed by atoms with van der Waals surface area (Å²) in [5.74, 6) is -0.396. The fourth-order valence-electron chi connectivity index (χ4n) is 2.12. The van der Waals surface area contributed by atoms with E-state index in [4.69, 9.17) is 0 Å². The number of fused-ring (bicyclic) bond motifs is 1. The Morgan fingerprint density at radius 2 is 1.96 bits per heavy atom. The third-order valence-corrected chi connectivity index (χ3v) is 4.05. The molecule has 8 heteroatoms. The molecule has 2 amide bonds. The van der Waals surface area contributed by atoms with Crippen molar-refractivity contribution in [2.45, 2.75) is 6.42 Å². The van der Waals surface area contributed by atoms with Crippen molar-refractivity contribution in [3.8, 4) is 0 Å². The second-order valence-corrected chi connectivity index (χ2v) is 5.82. The molecule has 118 valence electrons. The maximum Gasteiger partial charge on any atom is 0.323 e. The zero-order valence-electron chi connectivity index (χ0n) is 12.0. The standard InChI is InChI=1S/C15H14N4O3S/c20-13(5-6-16-14(21)12-2-1-7-23-12)17-9-3-4-10-11(8-9)19-15(22)18-10/h1-4,7-8H,5-6H2,(H,16,21)(H,17,20)(H2,18,19,22). The number of aromatic nitrogens is 2. The van der Waals surface area contributed by atoms with Gasteiger partial charge in [0.05, 0.1) is 15.9 Å². The molecule has 2 aromatic heterocycles. The van der Waals surface area contributed by atoms with Gasteiger partial charge >= 0.3 is 5.69 Å². The summed E-state index contributed by atoms with van der Waals surface area (Å²) in [6, 6.07) is 8.62. The molecule has 0 atom stereocenters. The predicted octanol–water partition coefficient (Wildman–Crippen LogP) is 1.68. The molecule has 0 unspecified atom stereocenters. The predicted molar refractivity (Wildman–Crippen MR) is 88.8 cm³/mol. The molecule has 23 heavy (non-hydrogen) atoms. The minimum absolute atomic E-state index is 0.165. The highest BCUT2D eigenvalue weighted by Crippen LogP contribution is 2.14. The molecule has 0 bridgehead atoms. The Hall–Kier alpha value is -2.87. The molecule has 1 aromatic carbocycles. The van der Waals surface area contributed by atoms with Gasteiger partial charge in [-0.25, -0.2) is 4.79 Å². The second-order valence-electron chi connectivity index (χ2n) is 4.87. The van der Waals surface area contributed by atoms with Crippen LogP contribution in [0.25, 0.3) is 11.0 Å². The first-order chi connectivity index (χ1) is 11.1. The van der Waals surface area contributed by atoms with Crippen LogP contribution >= 0.6 is 11.3 Å². The third-order valence-electron chi connectivity index (χ3n) is 3.18.